The van der Waals surface area contributed by atoms with Crippen LogP contribution in [0, 0.1) is 11.3 Å². The summed E-state index contributed by atoms with van der Waals surface area (Å²) in [6, 6.07) is 17.0. The Labute approximate surface area is 158 Å². The first-order valence-electron chi connectivity index (χ1n) is 8.57. The molecule has 1 amide bonds. The summed E-state index contributed by atoms with van der Waals surface area (Å²) in [6.07, 6.45) is 3.12. The smallest absolute Gasteiger partial charge is 0.241 e. The topological polar surface area (TPSA) is 56.1 Å². The summed E-state index contributed by atoms with van der Waals surface area (Å²) >= 11 is 6.02. The fraction of sp³-hybridized carbons (Fsp3) is 0.238. The molecular formula is C21H20ClN3O. The summed E-state index contributed by atoms with van der Waals surface area (Å²) < 4.78 is 0. The molecule has 1 atom stereocenters. The highest BCUT2D eigenvalue weighted by molar-refractivity contribution is 6.32. The normalized spacial score (nSPS) is 15.7. The molecule has 2 aromatic rings. The Bertz CT molecular complexity index is 871. The number of hydrogen-bond acceptors (Lipinski definition) is 3. The molecule has 1 heterocycles. The molecule has 0 spiro atoms. The summed E-state index contributed by atoms with van der Waals surface area (Å²) in [5, 5.41) is 12.1. The molecule has 0 unspecified atom stereocenters. The van der Waals surface area contributed by atoms with E-state index in [4.69, 9.17) is 16.9 Å². The van der Waals surface area contributed by atoms with Crippen LogP contribution in [0.15, 0.2) is 54.6 Å². The molecule has 0 bridgehead atoms. The van der Waals surface area contributed by atoms with E-state index in [1.807, 2.05) is 31.2 Å². The number of rotatable bonds is 4. The standard InChI is InChI=1S/C21H20ClN3O/c1-15(21(26)24-19-8-7-18(14-23)20(22)13-19)25-11-9-17(10-12-25)16-5-3-2-4-6-16/h2-9,13,15H,10-12H2,1H3,(H,24,26)/t15-/m1/s1. The van der Waals surface area contributed by atoms with Crippen LogP contribution in [0.2, 0.25) is 5.02 Å². The SMILES string of the molecule is C[C@H](C(=O)Nc1ccc(C#N)c(Cl)c1)N1CC=C(c2ccccc2)CC1. The van der Waals surface area contributed by atoms with Gasteiger partial charge in [-0.05, 0) is 42.7 Å². The van der Waals surface area contributed by atoms with Gasteiger partial charge in [0.2, 0.25) is 5.91 Å². The maximum atomic E-state index is 12.5. The molecule has 0 aliphatic carbocycles. The van der Waals surface area contributed by atoms with Crippen molar-refractivity contribution in [1.29, 1.82) is 5.26 Å². The van der Waals surface area contributed by atoms with E-state index in [9.17, 15) is 4.79 Å². The maximum absolute atomic E-state index is 12.5. The van der Waals surface area contributed by atoms with Gasteiger partial charge >= 0.3 is 0 Å². The third kappa shape index (κ3) is 4.13. The maximum Gasteiger partial charge on any atom is 0.241 e. The lowest BCUT2D eigenvalue weighted by Gasteiger charge is -2.31. The Hall–Kier alpha value is -2.61. The van der Waals surface area contributed by atoms with E-state index in [0.717, 1.165) is 19.5 Å². The van der Waals surface area contributed by atoms with E-state index in [1.54, 1.807) is 18.2 Å². The molecule has 1 N–H and O–H groups in total. The molecule has 0 radical (unpaired) electrons. The quantitative estimate of drug-likeness (QED) is 0.877. The van der Waals surface area contributed by atoms with Crippen LogP contribution in [0.4, 0.5) is 5.69 Å². The molecule has 3 rings (SSSR count). The highest BCUT2D eigenvalue weighted by atomic mass is 35.5. The van der Waals surface area contributed by atoms with Crippen molar-refractivity contribution in [3.05, 3.63) is 70.8 Å². The van der Waals surface area contributed by atoms with Crippen LogP contribution in [0.25, 0.3) is 5.57 Å². The van der Waals surface area contributed by atoms with E-state index < -0.39 is 0 Å². The largest absolute Gasteiger partial charge is 0.325 e. The molecule has 26 heavy (non-hydrogen) atoms. The minimum Gasteiger partial charge on any atom is -0.325 e. The Kier molecular flexibility index (Phi) is 5.72. The summed E-state index contributed by atoms with van der Waals surface area (Å²) in [7, 11) is 0. The molecule has 132 valence electrons. The molecule has 1 aliphatic rings. The lowest BCUT2D eigenvalue weighted by molar-refractivity contribution is -0.120. The average molecular weight is 366 g/mol. The summed E-state index contributed by atoms with van der Waals surface area (Å²) in [4.78, 5) is 14.7. The molecule has 0 fully saturated rings. The number of benzene rings is 2. The summed E-state index contributed by atoms with van der Waals surface area (Å²) in [5.41, 5.74) is 3.57. The summed E-state index contributed by atoms with van der Waals surface area (Å²) in [5.74, 6) is -0.0812. The third-order valence-electron chi connectivity index (χ3n) is 4.67. The van der Waals surface area contributed by atoms with Gasteiger partial charge in [0, 0.05) is 18.8 Å². The van der Waals surface area contributed by atoms with Gasteiger partial charge in [0.05, 0.1) is 16.6 Å². The number of carbonyl (C=O) groups excluding carboxylic acids is 1. The van der Waals surface area contributed by atoms with Gasteiger partial charge in [0.25, 0.3) is 0 Å². The van der Waals surface area contributed by atoms with Crippen LogP contribution in [0.5, 0.6) is 0 Å². The Morgan fingerprint density at radius 3 is 2.65 bits per heavy atom. The van der Waals surface area contributed by atoms with Crippen LogP contribution in [0.1, 0.15) is 24.5 Å². The van der Waals surface area contributed by atoms with Crippen LogP contribution in [0.3, 0.4) is 0 Å². The van der Waals surface area contributed by atoms with Crippen molar-refractivity contribution in [2.45, 2.75) is 19.4 Å². The number of halogens is 1. The van der Waals surface area contributed by atoms with Gasteiger partial charge in [-0.1, -0.05) is 48.0 Å². The molecule has 4 nitrogen and oxygen atoms in total. The summed E-state index contributed by atoms with van der Waals surface area (Å²) in [6.45, 7) is 3.48. The van der Waals surface area contributed by atoms with Crippen molar-refractivity contribution in [3.63, 3.8) is 0 Å². The fourth-order valence-corrected chi connectivity index (χ4v) is 3.27. The van der Waals surface area contributed by atoms with Crippen molar-refractivity contribution >= 4 is 28.8 Å². The van der Waals surface area contributed by atoms with Crippen molar-refractivity contribution < 1.29 is 4.79 Å². The predicted molar refractivity (Wildman–Crippen MR) is 105 cm³/mol. The molecule has 0 aromatic heterocycles. The van der Waals surface area contributed by atoms with Gasteiger partial charge in [-0.15, -0.1) is 0 Å². The van der Waals surface area contributed by atoms with Crippen molar-refractivity contribution in [1.82, 2.24) is 4.90 Å². The van der Waals surface area contributed by atoms with E-state index in [-0.39, 0.29) is 11.9 Å². The number of hydrogen-bond donors (Lipinski definition) is 1. The molecule has 5 heteroatoms. The van der Waals surface area contributed by atoms with Gasteiger partial charge in [0.15, 0.2) is 0 Å². The number of amides is 1. The van der Waals surface area contributed by atoms with Gasteiger partial charge < -0.3 is 5.32 Å². The fourth-order valence-electron chi connectivity index (χ4n) is 3.05. The van der Waals surface area contributed by atoms with Crippen molar-refractivity contribution in [3.8, 4) is 6.07 Å². The minimum absolute atomic E-state index is 0.0812. The zero-order valence-electron chi connectivity index (χ0n) is 14.6. The van der Waals surface area contributed by atoms with Gasteiger partial charge in [-0.2, -0.15) is 5.26 Å². The van der Waals surface area contributed by atoms with Crippen LogP contribution < -0.4 is 5.32 Å². The second kappa shape index (κ2) is 8.18. The minimum atomic E-state index is -0.252. The zero-order chi connectivity index (χ0) is 18.5. The molecule has 0 saturated heterocycles. The second-order valence-electron chi connectivity index (χ2n) is 6.31. The average Bonchev–Trinajstić information content (AvgIpc) is 2.68. The lowest BCUT2D eigenvalue weighted by Crippen LogP contribution is -2.44. The Morgan fingerprint density at radius 2 is 2.04 bits per heavy atom. The van der Waals surface area contributed by atoms with E-state index in [0.29, 0.717) is 16.3 Å². The van der Waals surface area contributed by atoms with Gasteiger partial charge in [-0.25, -0.2) is 0 Å². The Balaban J connectivity index is 1.62. The highest BCUT2D eigenvalue weighted by Crippen LogP contribution is 2.24. The monoisotopic (exact) mass is 365 g/mol. The first kappa shape index (κ1) is 18.2. The molecule has 0 saturated carbocycles. The predicted octanol–water partition coefficient (Wildman–Crippen LogP) is 4.33. The number of anilines is 1. The van der Waals surface area contributed by atoms with Crippen LogP contribution >= 0.6 is 11.6 Å². The van der Waals surface area contributed by atoms with Crippen molar-refractivity contribution in [2.75, 3.05) is 18.4 Å². The van der Waals surface area contributed by atoms with Gasteiger partial charge in [0.1, 0.15) is 6.07 Å². The van der Waals surface area contributed by atoms with Crippen molar-refractivity contribution in [2.24, 2.45) is 0 Å². The highest BCUT2D eigenvalue weighted by Gasteiger charge is 2.23. The zero-order valence-corrected chi connectivity index (χ0v) is 15.3. The Morgan fingerprint density at radius 1 is 1.27 bits per heavy atom. The molecule has 2 aromatic carbocycles. The third-order valence-corrected chi connectivity index (χ3v) is 4.98. The number of nitrogens with zero attached hydrogens (tertiary/aromatic N) is 2. The first-order chi connectivity index (χ1) is 12.6. The van der Waals surface area contributed by atoms with E-state index >= 15 is 0 Å². The van der Waals surface area contributed by atoms with Crippen LogP contribution in [-0.2, 0) is 4.79 Å². The van der Waals surface area contributed by atoms with Gasteiger partial charge in [-0.3, -0.25) is 9.69 Å². The molecular weight excluding hydrogens is 346 g/mol. The lowest BCUT2D eigenvalue weighted by atomic mass is 9.99. The van der Waals surface area contributed by atoms with E-state index in [1.165, 1.54) is 11.1 Å². The second-order valence-corrected chi connectivity index (χ2v) is 6.72. The van der Waals surface area contributed by atoms with E-state index in [2.05, 4.69) is 28.4 Å². The first-order valence-corrected chi connectivity index (χ1v) is 8.95. The number of nitrogens with one attached hydrogen (secondary N) is 1. The molecule has 1 aliphatic heterocycles. The van der Waals surface area contributed by atoms with Crippen LogP contribution in [-0.4, -0.2) is 29.9 Å². The number of nitriles is 1. The number of carbonyl (C=O) groups is 1.